The lowest BCUT2D eigenvalue weighted by atomic mass is 9.97. The average molecular weight is 300 g/mol. The monoisotopic (exact) mass is 300 g/mol. The second-order valence-electron chi connectivity index (χ2n) is 5.43. The Bertz CT molecular complexity index is 749. The van der Waals surface area contributed by atoms with E-state index in [1.807, 2.05) is 16.6 Å². The number of fused-ring (bicyclic) bond motifs is 1. The van der Waals surface area contributed by atoms with Crippen LogP contribution in [0.3, 0.4) is 0 Å². The molecule has 0 aromatic carbocycles. The van der Waals surface area contributed by atoms with Crippen LogP contribution in [0.25, 0.3) is 16.3 Å². The van der Waals surface area contributed by atoms with Gasteiger partial charge in [0.25, 0.3) is 0 Å². The van der Waals surface area contributed by atoms with Gasteiger partial charge >= 0.3 is 0 Å². The van der Waals surface area contributed by atoms with Gasteiger partial charge in [-0.3, -0.25) is 4.98 Å². The fourth-order valence-electron chi connectivity index (χ4n) is 3.10. The molecule has 3 heterocycles. The molecule has 1 saturated carbocycles. The van der Waals surface area contributed by atoms with Crippen molar-refractivity contribution in [1.82, 2.24) is 24.8 Å². The Hall–Kier alpha value is -1.86. The first-order valence-electron chi connectivity index (χ1n) is 7.19. The number of nitrogens with two attached hydrogens (primary N) is 1. The molecular formula is C14H16N6S. The van der Waals surface area contributed by atoms with Crippen molar-refractivity contribution in [2.24, 2.45) is 11.7 Å². The summed E-state index contributed by atoms with van der Waals surface area (Å²) < 4.78 is 1.84. The molecule has 0 radical (unpaired) electrons. The molecule has 7 heteroatoms. The van der Waals surface area contributed by atoms with Crippen molar-refractivity contribution in [3.63, 3.8) is 0 Å². The van der Waals surface area contributed by atoms with E-state index in [-0.39, 0.29) is 0 Å². The van der Waals surface area contributed by atoms with Crippen LogP contribution in [0.1, 0.15) is 30.2 Å². The molecule has 0 spiro atoms. The van der Waals surface area contributed by atoms with E-state index in [1.165, 1.54) is 19.3 Å². The van der Waals surface area contributed by atoms with Gasteiger partial charge in [-0.25, -0.2) is 0 Å². The van der Waals surface area contributed by atoms with Crippen LogP contribution in [0.15, 0.2) is 24.5 Å². The van der Waals surface area contributed by atoms with Crippen LogP contribution in [0.2, 0.25) is 0 Å². The maximum atomic E-state index is 5.89. The number of rotatable bonds is 3. The molecule has 1 aliphatic rings. The van der Waals surface area contributed by atoms with Gasteiger partial charge in [0.2, 0.25) is 4.96 Å². The number of hydrogen-bond donors (Lipinski definition) is 1. The lowest BCUT2D eigenvalue weighted by Crippen LogP contribution is -2.17. The van der Waals surface area contributed by atoms with Gasteiger partial charge in [-0.1, -0.05) is 17.8 Å². The minimum Gasteiger partial charge on any atom is -0.330 e. The lowest BCUT2D eigenvalue weighted by molar-refractivity contribution is 0.491. The number of nitrogens with zero attached hydrogens (tertiary/aromatic N) is 5. The van der Waals surface area contributed by atoms with Crippen molar-refractivity contribution in [3.8, 4) is 11.4 Å². The summed E-state index contributed by atoms with van der Waals surface area (Å²) in [6.07, 6.45) is 7.15. The fourth-order valence-corrected chi connectivity index (χ4v) is 4.17. The molecule has 0 saturated heterocycles. The van der Waals surface area contributed by atoms with Crippen LogP contribution in [0.4, 0.5) is 0 Å². The van der Waals surface area contributed by atoms with Gasteiger partial charge < -0.3 is 5.73 Å². The topological polar surface area (TPSA) is 82.0 Å². The molecule has 2 atom stereocenters. The highest BCUT2D eigenvalue weighted by Gasteiger charge is 2.31. The molecule has 108 valence electrons. The molecule has 2 N–H and O–H groups in total. The van der Waals surface area contributed by atoms with Crippen LogP contribution in [0.5, 0.6) is 0 Å². The molecule has 1 aliphatic carbocycles. The highest BCUT2D eigenvalue weighted by Crippen LogP contribution is 2.40. The van der Waals surface area contributed by atoms with Crippen molar-refractivity contribution >= 4 is 16.3 Å². The molecule has 3 aromatic heterocycles. The van der Waals surface area contributed by atoms with E-state index in [1.54, 1.807) is 23.7 Å². The predicted molar refractivity (Wildman–Crippen MR) is 81.0 cm³/mol. The molecule has 21 heavy (non-hydrogen) atoms. The summed E-state index contributed by atoms with van der Waals surface area (Å²) >= 11 is 1.63. The Labute approximate surface area is 126 Å². The second kappa shape index (κ2) is 5.16. The van der Waals surface area contributed by atoms with Crippen molar-refractivity contribution in [2.45, 2.75) is 25.2 Å². The van der Waals surface area contributed by atoms with Crippen molar-refractivity contribution in [1.29, 1.82) is 0 Å². The van der Waals surface area contributed by atoms with Gasteiger partial charge in [-0.15, -0.1) is 10.2 Å². The third kappa shape index (κ3) is 2.13. The van der Waals surface area contributed by atoms with Gasteiger partial charge in [-0.2, -0.15) is 9.61 Å². The standard InChI is InChI=1S/C14H16N6S/c15-7-9-3-1-5-11(9)13-19-20-12(17-18-14(20)21-13)10-4-2-6-16-8-10/h2,4,6,8-9,11H,1,3,5,7,15H2. The van der Waals surface area contributed by atoms with E-state index in [0.717, 1.165) is 27.9 Å². The van der Waals surface area contributed by atoms with Crippen LogP contribution in [-0.4, -0.2) is 31.3 Å². The summed E-state index contributed by atoms with van der Waals surface area (Å²) in [6, 6.07) is 3.87. The zero-order valence-electron chi connectivity index (χ0n) is 11.5. The molecule has 2 unspecified atom stereocenters. The van der Waals surface area contributed by atoms with Gasteiger partial charge in [0.1, 0.15) is 5.01 Å². The zero-order valence-corrected chi connectivity index (χ0v) is 12.3. The number of hydrogen-bond acceptors (Lipinski definition) is 6. The van der Waals surface area contributed by atoms with Crippen molar-refractivity contribution in [3.05, 3.63) is 29.5 Å². The quantitative estimate of drug-likeness (QED) is 0.801. The molecule has 6 nitrogen and oxygen atoms in total. The van der Waals surface area contributed by atoms with Crippen LogP contribution in [0, 0.1) is 5.92 Å². The fraction of sp³-hybridized carbons (Fsp3) is 0.429. The minimum absolute atomic E-state index is 0.475. The minimum atomic E-state index is 0.475. The van der Waals surface area contributed by atoms with Crippen LogP contribution in [-0.2, 0) is 0 Å². The maximum absolute atomic E-state index is 5.89. The average Bonchev–Trinajstić information content (AvgIpc) is 3.22. The van der Waals surface area contributed by atoms with E-state index in [4.69, 9.17) is 10.8 Å². The summed E-state index contributed by atoms with van der Waals surface area (Å²) in [4.78, 5) is 4.97. The Kier molecular flexibility index (Phi) is 3.16. The summed E-state index contributed by atoms with van der Waals surface area (Å²) in [7, 11) is 0. The third-order valence-electron chi connectivity index (χ3n) is 4.21. The summed E-state index contributed by atoms with van der Waals surface area (Å²) in [5, 5.41) is 14.4. The molecule has 0 aliphatic heterocycles. The predicted octanol–water partition coefficient (Wildman–Crippen LogP) is 2.09. The number of pyridine rings is 1. The molecule has 1 fully saturated rings. The molecule has 4 rings (SSSR count). The van der Waals surface area contributed by atoms with E-state index < -0.39 is 0 Å². The van der Waals surface area contributed by atoms with Crippen molar-refractivity contribution < 1.29 is 0 Å². The highest BCUT2D eigenvalue weighted by molar-refractivity contribution is 7.16. The van der Waals surface area contributed by atoms with E-state index >= 15 is 0 Å². The van der Waals surface area contributed by atoms with E-state index in [9.17, 15) is 0 Å². The van der Waals surface area contributed by atoms with Crippen molar-refractivity contribution in [2.75, 3.05) is 6.54 Å². The largest absolute Gasteiger partial charge is 0.330 e. The first-order chi connectivity index (χ1) is 10.4. The zero-order chi connectivity index (χ0) is 14.2. The Balaban J connectivity index is 1.76. The lowest BCUT2D eigenvalue weighted by Gasteiger charge is -2.13. The molecule has 0 amide bonds. The molecule has 0 bridgehead atoms. The van der Waals surface area contributed by atoms with Gasteiger partial charge in [0.15, 0.2) is 5.82 Å². The molecule has 3 aromatic rings. The summed E-state index contributed by atoms with van der Waals surface area (Å²) in [6.45, 7) is 0.736. The Morgan fingerprint density at radius 1 is 1.33 bits per heavy atom. The Morgan fingerprint density at radius 3 is 3.10 bits per heavy atom. The van der Waals surface area contributed by atoms with Gasteiger partial charge in [0, 0.05) is 23.9 Å². The van der Waals surface area contributed by atoms with E-state index in [0.29, 0.717) is 11.8 Å². The third-order valence-corrected chi connectivity index (χ3v) is 5.24. The highest BCUT2D eigenvalue weighted by atomic mass is 32.1. The first-order valence-corrected chi connectivity index (χ1v) is 8.01. The summed E-state index contributed by atoms with van der Waals surface area (Å²) in [5.41, 5.74) is 6.82. The van der Waals surface area contributed by atoms with Gasteiger partial charge in [0.05, 0.1) is 0 Å². The van der Waals surface area contributed by atoms with Crippen LogP contribution < -0.4 is 5.73 Å². The maximum Gasteiger partial charge on any atom is 0.234 e. The second-order valence-corrected chi connectivity index (χ2v) is 6.42. The SMILES string of the molecule is NCC1CCCC1c1nn2c(-c3cccnc3)nnc2s1. The smallest absolute Gasteiger partial charge is 0.234 e. The van der Waals surface area contributed by atoms with Gasteiger partial charge in [-0.05, 0) is 37.4 Å². The summed E-state index contributed by atoms with van der Waals surface area (Å²) in [5.74, 6) is 1.78. The molecular weight excluding hydrogens is 284 g/mol. The Morgan fingerprint density at radius 2 is 2.29 bits per heavy atom. The first kappa shape index (κ1) is 12.8. The normalized spacial score (nSPS) is 22.1. The number of aromatic nitrogens is 5. The van der Waals surface area contributed by atoms with E-state index in [2.05, 4.69) is 15.2 Å². The van der Waals surface area contributed by atoms with Crippen LogP contribution >= 0.6 is 11.3 Å².